The summed E-state index contributed by atoms with van der Waals surface area (Å²) in [5, 5.41) is 2.95. The molecule has 0 fully saturated rings. The minimum atomic E-state index is -1.72. The zero-order chi connectivity index (χ0) is 13.0. The number of hydrogen-bond donors (Lipinski definition) is 0. The third kappa shape index (κ3) is 2.18. The summed E-state index contributed by atoms with van der Waals surface area (Å²) < 4.78 is 0. The van der Waals surface area contributed by atoms with Crippen LogP contribution in [0.4, 0.5) is 0 Å². The normalized spacial score (nSPS) is 13.0. The molecule has 2 aromatic rings. The Balaban J connectivity index is 2.59. The maximum Gasteiger partial charge on any atom is 0.121 e. The Kier molecular flexibility index (Phi) is 3.83. The first-order valence-electron chi connectivity index (χ1n) is 6.43. The predicted molar refractivity (Wildman–Crippen MR) is 83.4 cm³/mol. The van der Waals surface area contributed by atoms with E-state index in [9.17, 15) is 0 Å². The number of hydrogen-bond acceptors (Lipinski definition) is 0. The summed E-state index contributed by atoms with van der Waals surface area (Å²) in [7, 11) is -1.72. The van der Waals surface area contributed by atoms with Crippen LogP contribution in [0.25, 0.3) is 0 Å². The molecule has 0 nitrogen and oxygen atoms in total. The van der Waals surface area contributed by atoms with Crippen LogP contribution < -0.4 is 10.4 Å². The lowest BCUT2D eigenvalue weighted by atomic mass is 10.4. The van der Waals surface area contributed by atoms with E-state index >= 15 is 0 Å². The first-order valence-corrected chi connectivity index (χ1v) is 9.01. The number of rotatable bonds is 4. The van der Waals surface area contributed by atoms with Gasteiger partial charge in [-0.25, -0.2) is 0 Å². The standard InChI is InChI=1S/C17H20Si/c1-4-15(2)18(3,16-11-7-5-8-12-16)17-13-9-6-10-14-17/h4-15H,1H2,2-3H3. The van der Waals surface area contributed by atoms with Gasteiger partial charge in [0.05, 0.1) is 0 Å². The highest BCUT2D eigenvalue weighted by Crippen LogP contribution is 2.22. The molecule has 0 spiro atoms. The van der Waals surface area contributed by atoms with Gasteiger partial charge < -0.3 is 0 Å². The highest BCUT2D eigenvalue weighted by atomic mass is 28.3. The molecule has 2 aromatic carbocycles. The van der Waals surface area contributed by atoms with Crippen LogP contribution in [-0.4, -0.2) is 8.07 Å². The molecule has 0 aliphatic heterocycles. The van der Waals surface area contributed by atoms with E-state index in [4.69, 9.17) is 0 Å². The van der Waals surface area contributed by atoms with Crippen LogP contribution in [-0.2, 0) is 0 Å². The van der Waals surface area contributed by atoms with E-state index in [1.54, 1.807) is 0 Å². The molecule has 92 valence electrons. The van der Waals surface area contributed by atoms with Gasteiger partial charge in [0.2, 0.25) is 0 Å². The van der Waals surface area contributed by atoms with Crippen molar-refractivity contribution in [2.45, 2.75) is 19.0 Å². The molecule has 0 amide bonds. The van der Waals surface area contributed by atoms with E-state index in [2.05, 4.69) is 86.8 Å². The molecule has 2 rings (SSSR count). The van der Waals surface area contributed by atoms with E-state index in [0.29, 0.717) is 5.54 Å². The van der Waals surface area contributed by atoms with Crippen molar-refractivity contribution in [1.29, 1.82) is 0 Å². The van der Waals surface area contributed by atoms with Gasteiger partial charge in [0.1, 0.15) is 8.07 Å². The molecule has 0 saturated heterocycles. The minimum Gasteiger partial charge on any atom is -0.103 e. The summed E-state index contributed by atoms with van der Waals surface area (Å²) in [4.78, 5) is 0. The topological polar surface area (TPSA) is 0 Å². The van der Waals surface area contributed by atoms with Crippen LogP contribution in [0.5, 0.6) is 0 Å². The zero-order valence-electron chi connectivity index (χ0n) is 11.1. The minimum absolute atomic E-state index is 0.516. The lowest BCUT2D eigenvalue weighted by Gasteiger charge is -2.33. The summed E-state index contributed by atoms with van der Waals surface area (Å²) in [5.41, 5.74) is 0.516. The molecule has 0 saturated carbocycles. The van der Waals surface area contributed by atoms with Gasteiger partial charge in [-0.05, 0) is 5.54 Å². The predicted octanol–water partition coefficient (Wildman–Crippen LogP) is 3.46. The van der Waals surface area contributed by atoms with Gasteiger partial charge in [-0.3, -0.25) is 0 Å². The van der Waals surface area contributed by atoms with Crippen molar-refractivity contribution >= 4 is 18.4 Å². The van der Waals surface area contributed by atoms with Gasteiger partial charge >= 0.3 is 0 Å². The molecule has 0 aliphatic rings. The average molecular weight is 252 g/mol. The molecule has 0 aliphatic carbocycles. The lowest BCUT2D eigenvalue weighted by Crippen LogP contribution is -2.58. The van der Waals surface area contributed by atoms with Crippen molar-refractivity contribution in [3.63, 3.8) is 0 Å². The first kappa shape index (κ1) is 12.8. The fourth-order valence-corrected chi connectivity index (χ4v) is 6.12. The van der Waals surface area contributed by atoms with Crippen LogP contribution in [0.15, 0.2) is 73.3 Å². The molecule has 1 atom stereocenters. The zero-order valence-corrected chi connectivity index (χ0v) is 12.1. The highest BCUT2D eigenvalue weighted by Gasteiger charge is 2.35. The van der Waals surface area contributed by atoms with E-state index < -0.39 is 8.07 Å². The van der Waals surface area contributed by atoms with E-state index in [1.807, 2.05) is 0 Å². The van der Waals surface area contributed by atoms with Crippen LogP contribution in [0, 0.1) is 0 Å². The molecule has 0 aromatic heterocycles. The number of benzene rings is 2. The molecule has 18 heavy (non-hydrogen) atoms. The lowest BCUT2D eigenvalue weighted by molar-refractivity contribution is 1.15. The first-order chi connectivity index (χ1) is 8.69. The maximum absolute atomic E-state index is 4.01. The Morgan fingerprint density at radius 3 is 1.61 bits per heavy atom. The van der Waals surface area contributed by atoms with Crippen molar-refractivity contribution < 1.29 is 0 Å². The SMILES string of the molecule is C=CC(C)[Si](C)(c1ccccc1)c1ccccc1. The van der Waals surface area contributed by atoms with Crippen molar-refractivity contribution in [3.8, 4) is 0 Å². The summed E-state index contributed by atoms with van der Waals surface area (Å²) in [5.74, 6) is 0. The molecule has 1 unspecified atom stereocenters. The van der Waals surface area contributed by atoms with Crippen molar-refractivity contribution in [1.82, 2.24) is 0 Å². The fourth-order valence-electron chi connectivity index (χ4n) is 2.50. The summed E-state index contributed by atoms with van der Waals surface area (Å²) in [6, 6.07) is 21.8. The molecule has 1 heteroatoms. The van der Waals surface area contributed by atoms with Crippen LogP contribution in [0.1, 0.15) is 6.92 Å². The molecular weight excluding hydrogens is 232 g/mol. The van der Waals surface area contributed by atoms with Crippen LogP contribution >= 0.6 is 0 Å². The highest BCUT2D eigenvalue weighted by molar-refractivity contribution is 7.02. The van der Waals surface area contributed by atoms with Gasteiger partial charge in [0, 0.05) is 0 Å². The van der Waals surface area contributed by atoms with Crippen LogP contribution in [0.2, 0.25) is 12.1 Å². The van der Waals surface area contributed by atoms with Gasteiger partial charge in [0.15, 0.2) is 0 Å². The molecule has 0 radical (unpaired) electrons. The van der Waals surface area contributed by atoms with E-state index in [1.165, 1.54) is 10.4 Å². The van der Waals surface area contributed by atoms with Crippen molar-refractivity contribution in [2.75, 3.05) is 0 Å². The third-order valence-electron chi connectivity index (χ3n) is 4.01. The van der Waals surface area contributed by atoms with Gasteiger partial charge in [0.25, 0.3) is 0 Å². The fraction of sp³-hybridized carbons (Fsp3) is 0.176. The van der Waals surface area contributed by atoms with E-state index in [-0.39, 0.29) is 0 Å². The monoisotopic (exact) mass is 252 g/mol. The smallest absolute Gasteiger partial charge is 0.103 e. The van der Waals surface area contributed by atoms with Gasteiger partial charge in [-0.15, -0.1) is 6.58 Å². The molecular formula is C17H20Si. The Labute approximate surface area is 111 Å². The van der Waals surface area contributed by atoms with E-state index in [0.717, 1.165) is 0 Å². The Morgan fingerprint density at radius 1 is 0.889 bits per heavy atom. The Morgan fingerprint density at radius 2 is 1.28 bits per heavy atom. The van der Waals surface area contributed by atoms with Gasteiger partial charge in [-0.2, -0.15) is 0 Å². The molecule has 0 N–H and O–H groups in total. The summed E-state index contributed by atoms with van der Waals surface area (Å²) >= 11 is 0. The summed E-state index contributed by atoms with van der Waals surface area (Å²) in [6.07, 6.45) is 2.10. The number of allylic oxidation sites excluding steroid dienone is 1. The summed E-state index contributed by atoms with van der Waals surface area (Å²) in [6.45, 7) is 8.74. The largest absolute Gasteiger partial charge is 0.121 e. The maximum atomic E-state index is 4.01. The van der Waals surface area contributed by atoms with Crippen molar-refractivity contribution in [2.24, 2.45) is 0 Å². The Hall–Kier alpha value is -1.60. The second-order valence-corrected chi connectivity index (χ2v) is 9.43. The second-order valence-electron chi connectivity index (χ2n) is 4.96. The molecule has 0 bridgehead atoms. The average Bonchev–Trinajstić information content (AvgIpc) is 2.47. The third-order valence-corrected chi connectivity index (χ3v) is 9.13. The van der Waals surface area contributed by atoms with Gasteiger partial charge in [-0.1, -0.05) is 90.6 Å². The Bertz CT molecular complexity index is 462. The quantitative estimate of drug-likeness (QED) is 0.577. The van der Waals surface area contributed by atoms with Crippen molar-refractivity contribution in [3.05, 3.63) is 73.3 Å². The second kappa shape index (κ2) is 5.36. The van der Waals surface area contributed by atoms with Crippen LogP contribution in [0.3, 0.4) is 0 Å². The molecule has 0 heterocycles.